The molecular formula is C21H25N5O2S. The number of hydrogen-bond acceptors (Lipinski definition) is 5. The van der Waals surface area contributed by atoms with Crippen LogP contribution in [0, 0.1) is 0 Å². The van der Waals surface area contributed by atoms with Crippen molar-refractivity contribution in [3.63, 3.8) is 0 Å². The molecule has 1 N–H and O–H groups in total. The smallest absolute Gasteiger partial charge is 0.212 e. The van der Waals surface area contributed by atoms with Gasteiger partial charge in [0.1, 0.15) is 6.33 Å². The third-order valence-electron chi connectivity index (χ3n) is 5.40. The second kappa shape index (κ2) is 8.84. The Morgan fingerprint density at radius 1 is 1.07 bits per heavy atom. The first-order valence-electron chi connectivity index (χ1n) is 9.93. The van der Waals surface area contributed by atoms with Gasteiger partial charge in [0.25, 0.3) is 0 Å². The molecule has 0 amide bonds. The van der Waals surface area contributed by atoms with Crippen molar-refractivity contribution in [3.8, 4) is 11.3 Å². The summed E-state index contributed by atoms with van der Waals surface area (Å²) in [5.41, 5.74) is 2.86. The fraction of sp³-hybridized carbons (Fsp3) is 0.381. The SMILES string of the molecule is O=S(=O)(CCc1ccccc1)NC1CCC(n2cc(-c3ccncn3)cn2)CC1. The van der Waals surface area contributed by atoms with Crippen molar-refractivity contribution in [1.29, 1.82) is 0 Å². The molecule has 1 aromatic carbocycles. The maximum atomic E-state index is 12.4. The van der Waals surface area contributed by atoms with Gasteiger partial charge in [0.05, 0.1) is 23.7 Å². The monoisotopic (exact) mass is 411 g/mol. The average Bonchev–Trinajstić information content (AvgIpc) is 3.24. The molecule has 0 atom stereocenters. The Bertz CT molecular complexity index is 1010. The van der Waals surface area contributed by atoms with Gasteiger partial charge in [0, 0.05) is 24.0 Å². The van der Waals surface area contributed by atoms with Gasteiger partial charge in [-0.3, -0.25) is 4.68 Å². The normalized spacial score (nSPS) is 19.9. The van der Waals surface area contributed by atoms with E-state index < -0.39 is 10.0 Å². The predicted molar refractivity (Wildman–Crippen MR) is 112 cm³/mol. The molecule has 4 rings (SSSR count). The van der Waals surface area contributed by atoms with E-state index in [4.69, 9.17) is 0 Å². The van der Waals surface area contributed by atoms with E-state index in [-0.39, 0.29) is 17.8 Å². The molecule has 0 spiro atoms. The predicted octanol–water partition coefficient (Wildman–Crippen LogP) is 2.99. The number of nitrogens with one attached hydrogen (secondary N) is 1. The van der Waals surface area contributed by atoms with Crippen molar-refractivity contribution in [1.82, 2.24) is 24.5 Å². The molecule has 2 heterocycles. The number of sulfonamides is 1. The first-order chi connectivity index (χ1) is 14.1. The maximum Gasteiger partial charge on any atom is 0.212 e. The van der Waals surface area contributed by atoms with Crippen LogP contribution < -0.4 is 4.72 Å². The van der Waals surface area contributed by atoms with Crippen LogP contribution in [0.4, 0.5) is 0 Å². The highest BCUT2D eigenvalue weighted by atomic mass is 32.2. The van der Waals surface area contributed by atoms with Gasteiger partial charge in [-0.25, -0.2) is 23.1 Å². The zero-order valence-corrected chi connectivity index (χ0v) is 17.0. The topological polar surface area (TPSA) is 89.8 Å². The van der Waals surface area contributed by atoms with E-state index in [1.807, 2.05) is 53.5 Å². The third-order valence-corrected chi connectivity index (χ3v) is 6.83. The van der Waals surface area contributed by atoms with Gasteiger partial charge in [-0.2, -0.15) is 5.10 Å². The van der Waals surface area contributed by atoms with Crippen LogP contribution in [0.3, 0.4) is 0 Å². The summed E-state index contributed by atoms with van der Waals surface area (Å²) in [6.07, 6.45) is 11.0. The van der Waals surface area contributed by atoms with Crippen molar-refractivity contribution in [2.24, 2.45) is 0 Å². The molecule has 1 aliphatic rings. The summed E-state index contributed by atoms with van der Waals surface area (Å²) in [6.45, 7) is 0. The lowest BCUT2D eigenvalue weighted by molar-refractivity contribution is 0.294. The van der Waals surface area contributed by atoms with Crippen LogP contribution in [0.25, 0.3) is 11.3 Å². The van der Waals surface area contributed by atoms with Gasteiger partial charge < -0.3 is 0 Å². The molecule has 1 fully saturated rings. The van der Waals surface area contributed by atoms with E-state index in [0.29, 0.717) is 6.42 Å². The molecule has 8 heteroatoms. The van der Waals surface area contributed by atoms with E-state index >= 15 is 0 Å². The zero-order chi connectivity index (χ0) is 20.1. The molecule has 0 bridgehead atoms. The fourth-order valence-electron chi connectivity index (χ4n) is 3.80. The molecule has 0 saturated heterocycles. The van der Waals surface area contributed by atoms with E-state index in [1.165, 1.54) is 6.33 Å². The molecular weight excluding hydrogens is 386 g/mol. The second-order valence-corrected chi connectivity index (χ2v) is 9.35. The fourth-order valence-corrected chi connectivity index (χ4v) is 5.17. The van der Waals surface area contributed by atoms with Crippen LogP contribution in [0.2, 0.25) is 0 Å². The summed E-state index contributed by atoms with van der Waals surface area (Å²) in [6, 6.07) is 11.9. The molecule has 2 aromatic heterocycles. The minimum atomic E-state index is -3.28. The van der Waals surface area contributed by atoms with Crippen molar-refractivity contribution in [2.45, 2.75) is 44.2 Å². The summed E-state index contributed by atoms with van der Waals surface area (Å²) < 4.78 is 29.8. The Labute approximate surface area is 171 Å². The van der Waals surface area contributed by atoms with Crippen LogP contribution in [-0.2, 0) is 16.4 Å². The maximum absolute atomic E-state index is 12.4. The average molecular weight is 412 g/mol. The molecule has 1 saturated carbocycles. The van der Waals surface area contributed by atoms with Gasteiger partial charge in [-0.1, -0.05) is 30.3 Å². The molecule has 29 heavy (non-hydrogen) atoms. The van der Waals surface area contributed by atoms with Crippen LogP contribution in [0.1, 0.15) is 37.3 Å². The highest BCUT2D eigenvalue weighted by Crippen LogP contribution is 2.29. The van der Waals surface area contributed by atoms with Crippen molar-refractivity contribution in [2.75, 3.05) is 5.75 Å². The molecule has 1 aliphatic carbocycles. The second-order valence-electron chi connectivity index (χ2n) is 7.48. The molecule has 0 unspecified atom stereocenters. The molecule has 0 radical (unpaired) electrons. The van der Waals surface area contributed by atoms with Gasteiger partial charge in [-0.15, -0.1) is 0 Å². The Morgan fingerprint density at radius 3 is 2.59 bits per heavy atom. The number of hydrogen-bond donors (Lipinski definition) is 1. The van der Waals surface area contributed by atoms with Gasteiger partial charge in [0.15, 0.2) is 0 Å². The Kier molecular flexibility index (Phi) is 6.01. The van der Waals surface area contributed by atoms with E-state index in [2.05, 4.69) is 19.8 Å². The first kappa shape index (κ1) is 19.7. The number of nitrogens with zero attached hydrogens (tertiary/aromatic N) is 4. The minimum Gasteiger partial charge on any atom is -0.269 e. The Hall–Kier alpha value is -2.58. The van der Waals surface area contributed by atoms with Gasteiger partial charge in [0.2, 0.25) is 10.0 Å². The summed E-state index contributed by atoms with van der Waals surface area (Å²) in [7, 11) is -3.28. The highest BCUT2D eigenvalue weighted by molar-refractivity contribution is 7.89. The lowest BCUT2D eigenvalue weighted by Crippen LogP contribution is -2.39. The summed E-state index contributed by atoms with van der Waals surface area (Å²) in [5.74, 6) is 0.123. The van der Waals surface area contributed by atoms with E-state index in [0.717, 1.165) is 42.5 Å². The Morgan fingerprint density at radius 2 is 1.86 bits per heavy atom. The molecule has 0 aliphatic heterocycles. The number of benzene rings is 1. The number of rotatable bonds is 7. The van der Waals surface area contributed by atoms with E-state index in [9.17, 15) is 8.42 Å². The number of aryl methyl sites for hydroxylation is 1. The quantitative estimate of drug-likeness (QED) is 0.646. The largest absolute Gasteiger partial charge is 0.269 e. The molecule has 152 valence electrons. The minimum absolute atomic E-state index is 0.00363. The lowest BCUT2D eigenvalue weighted by atomic mass is 9.92. The lowest BCUT2D eigenvalue weighted by Gasteiger charge is -2.29. The zero-order valence-electron chi connectivity index (χ0n) is 16.2. The summed E-state index contributed by atoms with van der Waals surface area (Å²) in [5, 5.41) is 4.50. The van der Waals surface area contributed by atoms with Crippen LogP contribution in [0.5, 0.6) is 0 Å². The van der Waals surface area contributed by atoms with Crippen LogP contribution in [-0.4, -0.2) is 40.0 Å². The van der Waals surface area contributed by atoms with E-state index in [1.54, 1.807) is 6.20 Å². The third kappa shape index (κ3) is 5.27. The van der Waals surface area contributed by atoms with Crippen molar-refractivity contribution >= 4 is 10.0 Å². The van der Waals surface area contributed by atoms with Crippen LogP contribution >= 0.6 is 0 Å². The number of aromatic nitrogens is 4. The summed E-state index contributed by atoms with van der Waals surface area (Å²) in [4.78, 5) is 8.20. The van der Waals surface area contributed by atoms with Gasteiger partial charge in [-0.05, 0) is 43.7 Å². The summed E-state index contributed by atoms with van der Waals surface area (Å²) >= 11 is 0. The van der Waals surface area contributed by atoms with Crippen molar-refractivity contribution < 1.29 is 8.42 Å². The van der Waals surface area contributed by atoms with Crippen molar-refractivity contribution in [3.05, 3.63) is 66.9 Å². The Balaban J connectivity index is 1.29. The molecule has 3 aromatic rings. The van der Waals surface area contributed by atoms with Crippen LogP contribution in [0.15, 0.2) is 61.3 Å². The first-order valence-corrected chi connectivity index (χ1v) is 11.6. The highest BCUT2D eigenvalue weighted by Gasteiger charge is 2.26. The molecule has 7 nitrogen and oxygen atoms in total. The van der Waals surface area contributed by atoms with Gasteiger partial charge >= 0.3 is 0 Å². The standard InChI is InChI=1S/C21H25N5O2S/c27-29(28,13-11-17-4-2-1-3-5-17)25-19-6-8-20(9-7-19)26-15-18(14-24-26)21-10-12-22-16-23-21/h1-5,10,12,14-16,19-20,25H,6-9,11,13H2.